The number of rotatable bonds is 2. The number of ether oxygens (including phenoxy) is 1. The van der Waals surface area contributed by atoms with Crippen LogP contribution in [-0.2, 0) is 4.79 Å². The zero-order valence-electron chi connectivity index (χ0n) is 11.8. The summed E-state index contributed by atoms with van der Waals surface area (Å²) in [6.07, 6.45) is 0. The molecule has 2 N–H and O–H groups in total. The number of aryl methyl sites for hydroxylation is 1. The van der Waals surface area contributed by atoms with Crippen LogP contribution >= 0.6 is 0 Å². The number of carbonyl (C=O) groups is 2. The van der Waals surface area contributed by atoms with Gasteiger partial charge in [-0.3, -0.25) is 9.59 Å². The van der Waals surface area contributed by atoms with Gasteiger partial charge in [0.25, 0.3) is 11.8 Å². The van der Waals surface area contributed by atoms with Crippen molar-refractivity contribution < 1.29 is 18.7 Å². The molecule has 6 heteroatoms. The molecule has 0 spiro atoms. The number of amides is 2. The average Bonchev–Trinajstić information content (AvgIpc) is 2.49. The van der Waals surface area contributed by atoms with Gasteiger partial charge in [0.05, 0.1) is 5.69 Å². The van der Waals surface area contributed by atoms with E-state index in [4.69, 9.17) is 4.74 Å². The number of anilines is 2. The fraction of sp³-hybridized carbons (Fsp3) is 0.125. The molecule has 0 aromatic heterocycles. The van der Waals surface area contributed by atoms with E-state index in [-0.39, 0.29) is 18.1 Å². The summed E-state index contributed by atoms with van der Waals surface area (Å²) in [6, 6.07) is 9.18. The Labute approximate surface area is 126 Å². The van der Waals surface area contributed by atoms with E-state index in [9.17, 15) is 14.0 Å². The lowest BCUT2D eigenvalue weighted by Crippen LogP contribution is -2.25. The summed E-state index contributed by atoms with van der Waals surface area (Å²) in [5.41, 5.74) is 1.67. The monoisotopic (exact) mass is 300 g/mol. The lowest BCUT2D eigenvalue weighted by atomic mass is 10.1. The largest absolute Gasteiger partial charge is 0.482 e. The van der Waals surface area contributed by atoms with Gasteiger partial charge in [0.15, 0.2) is 6.61 Å². The van der Waals surface area contributed by atoms with Gasteiger partial charge in [-0.15, -0.1) is 0 Å². The average molecular weight is 300 g/mol. The van der Waals surface area contributed by atoms with E-state index in [1.165, 1.54) is 6.07 Å². The normalized spacial score (nSPS) is 12.9. The fourth-order valence-electron chi connectivity index (χ4n) is 2.10. The maximum atomic E-state index is 13.5. The number of carbonyl (C=O) groups excluding carboxylic acids is 2. The highest BCUT2D eigenvalue weighted by Crippen LogP contribution is 2.30. The minimum Gasteiger partial charge on any atom is -0.482 e. The van der Waals surface area contributed by atoms with E-state index in [2.05, 4.69) is 10.6 Å². The number of hydrogen-bond acceptors (Lipinski definition) is 3. The molecule has 5 nitrogen and oxygen atoms in total. The van der Waals surface area contributed by atoms with Crippen LogP contribution in [0.4, 0.5) is 15.8 Å². The standard InChI is InChI=1S/C16H13FN2O3/c1-9-2-3-10(6-12(9)17)16(21)18-11-4-5-14-13(7-11)19-15(20)8-22-14/h2-7H,8H2,1H3,(H,18,21)(H,19,20). The molecule has 0 atom stereocenters. The van der Waals surface area contributed by atoms with Crippen LogP contribution in [0.5, 0.6) is 5.75 Å². The van der Waals surface area contributed by atoms with Gasteiger partial charge in [-0.2, -0.15) is 0 Å². The highest BCUT2D eigenvalue weighted by molar-refractivity contribution is 6.05. The minimum absolute atomic E-state index is 0.0264. The molecule has 112 valence electrons. The van der Waals surface area contributed by atoms with Crippen molar-refractivity contribution in [2.75, 3.05) is 17.2 Å². The fourth-order valence-corrected chi connectivity index (χ4v) is 2.10. The second kappa shape index (κ2) is 5.48. The Bertz CT molecular complexity index is 774. The topological polar surface area (TPSA) is 67.4 Å². The molecule has 1 aliphatic rings. The summed E-state index contributed by atoms with van der Waals surface area (Å²) < 4.78 is 18.7. The highest BCUT2D eigenvalue weighted by atomic mass is 19.1. The van der Waals surface area contributed by atoms with E-state index < -0.39 is 11.7 Å². The van der Waals surface area contributed by atoms with Crippen molar-refractivity contribution >= 4 is 23.2 Å². The Kier molecular flexibility index (Phi) is 3.50. The highest BCUT2D eigenvalue weighted by Gasteiger charge is 2.17. The number of nitrogens with one attached hydrogen (secondary N) is 2. The van der Waals surface area contributed by atoms with Crippen LogP contribution in [0, 0.1) is 12.7 Å². The first-order chi connectivity index (χ1) is 10.5. The maximum Gasteiger partial charge on any atom is 0.262 e. The second-order valence-electron chi connectivity index (χ2n) is 4.97. The molecule has 0 radical (unpaired) electrons. The first-order valence-electron chi connectivity index (χ1n) is 6.67. The molecule has 0 saturated carbocycles. The van der Waals surface area contributed by atoms with Crippen molar-refractivity contribution in [1.82, 2.24) is 0 Å². The van der Waals surface area contributed by atoms with Gasteiger partial charge >= 0.3 is 0 Å². The van der Waals surface area contributed by atoms with E-state index in [1.54, 1.807) is 37.3 Å². The predicted octanol–water partition coefficient (Wildman–Crippen LogP) is 2.72. The summed E-state index contributed by atoms with van der Waals surface area (Å²) in [5.74, 6) is -0.573. The third kappa shape index (κ3) is 2.76. The van der Waals surface area contributed by atoms with Crippen LogP contribution in [0.25, 0.3) is 0 Å². The number of hydrogen-bond donors (Lipinski definition) is 2. The Hall–Kier alpha value is -2.89. The first kappa shape index (κ1) is 14.1. The van der Waals surface area contributed by atoms with E-state index in [1.807, 2.05) is 0 Å². The van der Waals surface area contributed by atoms with E-state index in [0.717, 1.165) is 0 Å². The molecule has 0 unspecified atom stereocenters. The van der Waals surface area contributed by atoms with Gasteiger partial charge in [-0.05, 0) is 42.8 Å². The quantitative estimate of drug-likeness (QED) is 0.896. The smallest absolute Gasteiger partial charge is 0.262 e. The molecule has 1 heterocycles. The minimum atomic E-state index is -0.432. The van der Waals surface area contributed by atoms with Gasteiger partial charge in [0, 0.05) is 11.3 Å². The molecule has 2 aromatic carbocycles. The Morgan fingerprint density at radius 1 is 1.27 bits per heavy atom. The van der Waals surface area contributed by atoms with E-state index >= 15 is 0 Å². The molecular formula is C16H13FN2O3. The van der Waals surface area contributed by atoms with Gasteiger partial charge in [-0.1, -0.05) is 6.07 Å². The van der Waals surface area contributed by atoms with Crippen molar-refractivity contribution in [3.8, 4) is 5.75 Å². The van der Waals surface area contributed by atoms with Crippen molar-refractivity contribution in [3.63, 3.8) is 0 Å². The van der Waals surface area contributed by atoms with Gasteiger partial charge in [0.2, 0.25) is 0 Å². The zero-order chi connectivity index (χ0) is 15.7. The molecule has 0 saturated heterocycles. The Morgan fingerprint density at radius 2 is 2.09 bits per heavy atom. The summed E-state index contributed by atoms with van der Waals surface area (Å²) in [5, 5.41) is 5.31. The summed E-state index contributed by atoms with van der Waals surface area (Å²) >= 11 is 0. The molecule has 1 aliphatic heterocycles. The van der Waals surface area contributed by atoms with Crippen LogP contribution in [0.15, 0.2) is 36.4 Å². The number of halogens is 1. The van der Waals surface area contributed by atoms with E-state index in [0.29, 0.717) is 22.7 Å². The van der Waals surface area contributed by atoms with Crippen LogP contribution in [-0.4, -0.2) is 18.4 Å². The summed E-state index contributed by atoms with van der Waals surface area (Å²) in [7, 11) is 0. The third-order valence-corrected chi connectivity index (χ3v) is 3.30. The molecule has 3 rings (SSSR count). The summed E-state index contributed by atoms with van der Waals surface area (Å²) in [4.78, 5) is 23.4. The number of fused-ring (bicyclic) bond motifs is 1. The maximum absolute atomic E-state index is 13.5. The Morgan fingerprint density at radius 3 is 2.86 bits per heavy atom. The summed E-state index contributed by atoms with van der Waals surface area (Å²) in [6.45, 7) is 1.60. The van der Waals surface area contributed by atoms with Gasteiger partial charge < -0.3 is 15.4 Å². The molecule has 0 aliphatic carbocycles. The van der Waals surface area contributed by atoms with Crippen LogP contribution < -0.4 is 15.4 Å². The SMILES string of the molecule is Cc1ccc(C(=O)Nc2ccc3c(c2)NC(=O)CO3)cc1F. The zero-order valence-corrected chi connectivity index (χ0v) is 11.8. The molecule has 2 aromatic rings. The molecule has 2 amide bonds. The van der Waals surface area contributed by atoms with Crippen molar-refractivity contribution in [3.05, 3.63) is 53.3 Å². The third-order valence-electron chi connectivity index (χ3n) is 3.30. The lowest BCUT2D eigenvalue weighted by molar-refractivity contribution is -0.118. The molecule has 22 heavy (non-hydrogen) atoms. The van der Waals surface area contributed by atoms with Crippen LogP contribution in [0.2, 0.25) is 0 Å². The molecule has 0 bridgehead atoms. The Balaban J connectivity index is 1.80. The van der Waals surface area contributed by atoms with Crippen molar-refractivity contribution in [1.29, 1.82) is 0 Å². The number of benzene rings is 2. The van der Waals surface area contributed by atoms with Crippen molar-refractivity contribution in [2.45, 2.75) is 6.92 Å². The van der Waals surface area contributed by atoms with Crippen molar-refractivity contribution in [2.24, 2.45) is 0 Å². The van der Waals surface area contributed by atoms with Gasteiger partial charge in [-0.25, -0.2) is 4.39 Å². The first-order valence-corrected chi connectivity index (χ1v) is 6.67. The molecule has 0 fully saturated rings. The molecular weight excluding hydrogens is 287 g/mol. The van der Waals surface area contributed by atoms with Crippen LogP contribution in [0.3, 0.4) is 0 Å². The lowest BCUT2D eigenvalue weighted by Gasteiger charge is -2.18. The second-order valence-corrected chi connectivity index (χ2v) is 4.97. The predicted molar refractivity (Wildman–Crippen MR) is 79.7 cm³/mol. The van der Waals surface area contributed by atoms with Crippen LogP contribution in [0.1, 0.15) is 15.9 Å². The van der Waals surface area contributed by atoms with Gasteiger partial charge in [0.1, 0.15) is 11.6 Å².